The summed E-state index contributed by atoms with van der Waals surface area (Å²) >= 11 is 0. The van der Waals surface area contributed by atoms with Gasteiger partial charge >= 0.3 is 0 Å². The summed E-state index contributed by atoms with van der Waals surface area (Å²) in [4.78, 5) is 20.0. The summed E-state index contributed by atoms with van der Waals surface area (Å²) in [6.07, 6.45) is 19.0. The maximum atomic E-state index is 2.59. The number of hydrogen-bond donors (Lipinski definition) is 0. The van der Waals surface area contributed by atoms with Crippen LogP contribution >= 0.6 is 0 Å². The van der Waals surface area contributed by atoms with E-state index in [1.165, 1.54) is 137 Å². The Hall–Kier alpha value is -8.62. The lowest BCUT2D eigenvalue weighted by Gasteiger charge is -2.31. The highest BCUT2D eigenvalue weighted by Crippen LogP contribution is 2.44. The molecule has 0 heterocycles. The Kier molecular flexibility index (Phi) is 28.1. The fourth-order valence-corrected chi connectivity index (χ4v) is 13.0. The number of hydrogen-bond acceptors (Lipinski definition) is 8. The van der Waals surface area contributed by atoms with E-state index in [1.807, 2.05) is 0 Å². The van der Waals surface area contributed by atoms with Crippen molar-refractivity contribution in [1.82, 2.24) is 0 Å². The Balaban J connectivity index is 1.14. The van der Waals surface area contributed by atoms with Gasteiger partial charge in [0, 0.05) is 143 Å². The SMILES string of the molecule is CCCCN(CCCC)c1ccc(N(c2ccc(C)cc2)c2ccc(N(c3ccc(N(c4ccc(C)cc4)c4ccc(N(CCCC)CCCC)cc4)cc3)c3ccc(N(c4ccc(N(CCCC)CCCC)cc4)c4ccc(N(CCCC)CCCC)cc4)cc3)cc2)cc1. The summed E-state index contributed by atoms with van der Waals surface area (Å²) in [6.45, 7) is 31.3. The Morgan fingerprint density at radius 3 is 0.375 bits per heavy atom. The molecule has 8 nitrogen and oxygen atoms in total. The van der Waals surface area contributed by atoms with Crippen LogP contribution in [0.3, 0.4) is 0 Å². The lowest BCUT2D eigenvalue weighted by molar-refractivity contribution is 0.678. The molecule has 0 fully saturated rings. The first-order valence-corrected chi connectivity index (χ1v) is 37.2. The first kappa shape index (κ1) is 71.7. The molecule has 0 aliphatic carbocycles. The van der Waals surface area contributed by atoms with Gasteiger partial charge in [-0.2, -0.15) is 0 Å². The first-order chi connectivity index (χ1) is 47.1. The molecule has 0 N–H and O–H groups in total. The third-order valence-corrected chi connectivity index (χ3v) is 18.8. The van der Waals surface area contributed by atoms with Gasteiger partial charge in [0.2, 0.25) is 0 Å². The number of unbranched alkanes of at least 4 members (excludes halogenated alkanes) is 8. The molecular formula is C88H114N8. The van der Waals surface area contributed by atoms with Crippen LogP contribution in [-0.2, 0) is 0 Å². The fraction of sp³-hybridized carbons (Fsp3) is 0.386. The maximum absolute atomic E-state index is 2.59. The van der Waals surface area contributed by atoms with Crippen molar-refractivity contribution in [1.29, 1.82) is 0 Å². The minimum Gasteiger partial charge on any atom is -0.372 e. The van der Waals surface area contributed by atoms with Gasteiger partial charge < -0.3 is 39.2 Å². The van der Waals surface area contributed by atoms with Crippen LogP contribution in [0, 0.1) is 13.8 Å². The van der Waals surface area contributed by atoms with Gasteiger partial charge in [-0.15, -0.1) is 0 Å². The van der Waals surface area contributed by atoms with Crippen LogP contribution in [-0.4, -0.2) is 52.4 Å². The predicted molar refractivity (Wildman–Crippen MR) is 423 cm³/mol. The fourth-order valence-electron chi connectivity index (χ4n) is 13.0. The molecule has 9 rings (SSSR count). The Morgan fingerprint density at radius 1 is 0.156 bits per heavy atom. The van der Waals surface area contributed by atoms with Gasteiger partial charge in [0.1, 0.15) is 0 Å². The molecule has 0 unspecified atom stereocenters. The molecule has 0 spiro atoms. The summed E-state index contributed by atoms with van der Waals surface area (Å²) in [5.41, 5.74) is 20.9. The number of rotatable bonds is 40. The zero-order valence-corrected chi connectivity index (χ0v) is 60.3. The average Bonchev–Trinajstić information content (AvgIpc) is 0.799. The maximum Gasteiger partial charge on any atom is 0.0463 e. The summed E-state index contributed by atoms with van der Waals surface area (Å²) in [5, 5.41) is 0. The monoisotopic (exact) mass is 1280 g/mol. The second-order valence-electron chi connectivity index (χ2n) is 26.4. The van der Waals surface area contributed by atoms with Crippen LogP contribution in [0.1, 0.15) is 169 Å². The molecule has 0 radical (unpaired) electrons. The molecule has 0 aliphatic rings. The van der Waals surface area contributed by atoms with E-state index in [2.05, 4.69) is 327 Å². The normalized spacial score (nSPS) is 11.2. The van der Waals surface area contributed by atoms with Crippen molar-refractivity contribution in [3.63, 3.8) is 0 Å². The van der Waals surface area contributed by atoms with Crippen LogP contribution < -0.4 is 39.2 Å². The van der Waals surface area contributed by atoms with E-state index >= 15 is 0 Å². The van der Waals surface area contributed by atoms with Gasteiger partial charge in [-0.05, 0) is 259 Å². The van der Waals surface area contributed by atoms with E-state index in [1.54, 1.807) is 0 Å². The molecule has 0 aromatic heterocycles. The minimum absolute atomic E-state index is 1.07. The van der Waals surface area contributed by atoms with E-state index in [4.69, 9.17) is 0 Å². The number of anilines is 16. The first-order valence-electron chi connectivity index (χ1n) is 37.2. The van der Waals surface area contributed by atoms with E-state index < -0.39 is 0 Å². The molecular weight excluding hydrogens is 1170 g/mol. The van der Waals surface area contributed by atoms with E-state index in [0.29, 0.717) is 0 Å². The van der Waals surface area contributed by atoms with E-state index in [9.17, 15) is 0 Å². The molecule has 96 heavy (non-hydrogen) atoms. The molecule has 0 bridgehead atoms. The highest BCUT2D eigenvalue weighted by molar-refractivity contribution is 5.86. The average molecular weight is 1280 g/mol. The summed E-state index contributed by atoms with van der Waals surface area (Å²) < 4.78 is 0. The molecule has 0 amide bonds. The topological polar surface area (TPSA) is 25.9 Å². The standard InChI is InChI=1S/C88H114N8/c1-11-19-63-89(64-20-12-2)73-35-43-79(44-36-73)93(77-31-27-71(9)28-32-77)83-51-55-86(56-52-83)96(87-57-53-84(54-58-87)94(78-33-29-72(10)30-34-78)80-45-37-74(38-46-80)90(65-21-13-3)66-22-14-4)88-61-59-85(60-62-88)95(81-47-39-75(40-48-81)91(67-23-15-5)68-24-16-6)82-49-41-76(42-50-82)92(69-25-17-7)70-26-18-8/h27-62H,11-26,63-70H2,1-10H3. The lowest BCUT2D eigenvalue weighted by atomic mass is 10.1. The van der Waals surface area contributed by atoms with Gasteiger partial charge in [0.25, 0.3) is 0 Å². The Labute approximate surface area is 580 Å². The van der Waals surface area contributed by atoms with Crippen molar-refractivity contribution in [3.8, 4) is 0 Å². The van der Waals surface area contributed by atoms with Crippen molar-refractivity contribution >= 4 is 91.0 Å². The van der Waals surface area contributed by atoms with Crippen molar-refractivity contribution < 1.29 is 0 Å². The van der Waals surface area contributed by atoms with Crippen LogP contribution in [0.25, 0.3) is 0 Å². The third-order valence-electron chi connectivity index (χ3n) is 18.8. The molecule has 506 valence electrons. The van der Waals surface area contributed by atoms with E-state index in [-0.39, 0.29) is 0 Å². The predicted octanol–water partition coefficient (Wildman–Crippen LogP) is 25.8. The molecule has 0 saturated carbocycles. The second kappa shape index (κ2) is 37.6. The van der Waals surface area contributed by atoms with Crippen molar-refractivity contribution in [2.45, 2.75) is 172 Å². The number of benzene rings is 9. The Bertz CT molecular complexity index is 3350. The molecule has 8 heteroatoms. The quantitative estimate of drug-likeness (QED) is 0.0375. The van der Waals surface area contributed by atoms with Gasteiger partial charge in [0.15, 0.2) is 0 Å². The molecule has 0 saturated heterocycles. The summed E-state index contributed by atoms with van der Waals surface area (Å²) in [5.74, 6) is 0. The number of nitrogens with zero attached hydrogens (tertiary/aromatic N) is 8. The highest BCUT2D eigenvalue weighted by Gasteiger charge is 2.22. The highest BCUT2D eigenvalue weighted by atomic mass is 15.2. The third kappa shape index (κ3) is 19.3. The molecule has 0 aliphatic heterocycles. The summed E-state index contributed by atoms with van der Waals surface area (Å²) in [6, 6.07) is 82.9. The van der Waals surface area contributed by atoms with Crippen LogP contribution in [0.15, 0.2) is 218 Å². The van der Waals surface area contributed by atoms with Crippen molar-refractivity contribution in [2.75, 3.05) is 91.6 Å². The lowest BCUT2D eigenvalue weighted by Crippen LogP contribution is -2.25. The summed E-state index contributed by atoms with van der Waals surface area (Å²) in [7, 11) is 0. The van der Waals surface area contributed by atoms with Gasteiger partial charge in [-0.25, -0.2) is 0 Å². The molecule has 9 aromatic carbocycles. The number of aryl methyl sites for hydroxylation is 2. The zero-order valence-electron chi connectivity index (χ0n) is 60.3. The smallest absolute Gasteiger partial charge is 0.0463 e. The molecule has 9 aromatic rings. The van der Waals surface area contributed by atoms with Crippen molar-refractivity contribution in [2.24, 2.45) is 0 Å². The van der Waals surface area contributed by atoms with Crippen LogP contribution in [0.2, 0.25) is 0 Å². The minimum atomic E-state index is 1.07. The van der Waals surface area contributed by atoms with Gasteiger partial charge in [-0.3, -0.25) is 0 Å². The van der Waals surface area contributed by atoms with E-state index in [0.717, 1.165) is 121 Å². The largest absolute Gasteiger partial charge is 0.372 e. The van der Waals surface area contributed by atoms with Crippen LogP contribution in [0.4, 0.5) is 91.0 Å². The van der Waals surface area contributed by atoms with Gasteiger partial charge in [-0.1, -0.05) is 142 Å². The molecule has 0 atom stereocenters. The van der Waals surface area contributed by atoms with Gasteiger partial charge in [0.05, 0.1) is 0 Å². The zero-order chi connectivity index (χ0) is 67.4. The van der Waals surface area contributed by atoms with Crippen LogP contribution in [0.5, 0.6) is 0 Å². The Morgan fingerprint density at radius 2 is 0.260 bits per heavy atom. The second-order valence-corrected chi connectivity index (χ2v) is 26.4. The van der Waals surface area contributed by atoms with Crippen molar-refractivity contribution in [3.05, 3.63) is 230 Å².